The quantitative estimate of drug-likeness (QED) is 0.489. The van der Waals surface area contributed by atoms with Crippen molar-refractivity contribution in [2.45, 2.75) is 32.2 Å². The fourth-order valence-electron chi connectivity index (χ4n) is 4.47. The summed E-state index contributed by atoms with van der Waals surface area (Å²) in [6.07, 6.45) is 9.46. The topological polar surface area (TPSA) is 61.4 Å². The first-order valence-electron chi connectivity index (χ1n) is 11.2. The first-order valence-corrected chi connectivity index (χ1v) is 12.4. The molecular formula is C24H25ClFN5OS. The number of halogens is 2. The van der Waals surface area contributed by atoms with E-state index in [1.807, 2.05) is 11.0 Å². The van der Waals surface area contributed by atoms with Crippen LogP contribution >= 0.6 is 22.9 Å². The minimum absolute atomic E-state index is 0.0558. The van der Waals surface area contributed by atoms with Crippen molar-refractivity contribution in [1.29, 1.82) is 0 Å². The SMILES string of the molecule is O=C(C=CCCN1CCCC1)N1CCc2c(sc3ncnc(Nc4ccc(F)c(Cl)c4)c23)C1. The predicted octanol–water partition coefficient (Wildman–Crippen LogP) is 5.15. The Kier molecular flexibility index (Phi) is 6.57. The third-order valence-electron chi connectivity index (χ3n) is 6.20. The van der Waals surface area contributed by atoms with E-state index in [2.05, 4.69) is 20.2 Å². The highest BCUT2D eigenvalue weighted by atomic mass is 35.5. The number of nitrogens with zero attached hydrogens (tertiary/aromatic N) is 4. The third kappa shape index (κ3) is 4.88. The molecule has 0 saturated carbocycles. The van der Waals surface area contributed by atoms with Crippen LogP contribution in [0.25, 0.3) is 10.2 Å². The van der Waals surface area contributed by atoms with Crippen molar-refractivity contribution < 1.29 is 9.18 Å². The van der Waals surface area contributed by atoms with Crippen LogP contribution in [-0.4, -0.2) is 51.9 Å². The zero-order valence-corrected chi connectivity index (χ0v) is 19.8. The normalized spacial score (nSPS) is 16.6. The number of hydrogen-bond acceptors (Lipinski definition) is 6. The average molecular weight is 486 g/mol. The Morgan fingerprint density at radius 1 is 1.24 bits per heavy atom. The Morgan fingerprint density at radius 3 is 2.91 bits per heavy atom. The number of amides is 1. The molecule has 33 heavy (non-hydrogen) atoms. The first-order chi connectivity index (χ1) is 16.1. The van der Waals surface area contributed by atoms with Gasteiger partial charge in [0.2, 0.25) is 5.91 Å². The average Bonchev–Trinajstić information content (AvgIpc) is 3.46. The monoisotopic (exact) mass is 485 g/mol. The van der Waals surface area contributed by atoms with Gasteiger partial charge >= 0.3 is 0 Å². The summed E-state index contributed by atoms with van der Waals surface area (Å²) in [5, 5.41) is 4.27. The van der Waals surface area contributed by atoms with Crippen molar-refractivity contribution in [3.8, 4) is 0 Å². The van der Waals surface area contributed by atoms with E-state index in [0.717, 1.165) is 34.5 Å². The molecule has 1 N–H and O–H groups in total. The van der Waals surface area contributed by atoms with Gasteiger partial charge in [-0.1, -0.05) is 17.7 Å². The van der Waals surface area contributed by atoms with E-state index >= 15 is 0 Å². The van der Waals surface area contributed by atoms with Crippen molar-refractivity contribution in [2.24, 2.45) is 0 Å². The zero-order valence-electron chi connectivity index (χ0n) is 18.2. The molecule has 0 aliphatic carbocycles. The highest BCUT2D eigenvalue weighted by Crippen LogP contribution is 2.38. The van der Waals surface area contributed by atoms with Gasteiger partial charge in [-0.2, -0.15) is 0 Å². The largest absolute Gasteiger partial charge is 0.340 e. The number of anilines is 2. The number of likely N-dealkylation sites (tertiary alicyclic amines) is 1. The predicted molar refractivity (Wildman–Crippen MR) is 131 cm³/mol. The Hall–Kier alpha value is -2.55. The van der Waals surface area contributed by atoms with Gasteiger partial charge < -0.3 is 15.1 Å². The number of rotatable bonds is 6. The van der Waals surface area contributed by atoms with Crippen LogP contribution in [0.15, 0.2) is 36.7 Å². The van der Waals surface area contributed by atoms with Gasteiger partial charge in [0.05, 0.1) is 17.0 Å². The highest BCUT2D eigenvalue weighted by molar-refractivity contribution is 7.19. The summed E-state index contributed by atoms with van der Waals surface area (Å²) in [5.74, 6) is 0.268. The molecule has 1 saturated heterocycles. The summed E-state index contributed by atoms with van der Waals surface area (Å²) in [7, 11) is 0. The number of aromatic nitrogens is 2. The molecule has 0 unspecified atom stereocenters. The second-order valence-electron chi connectivity index (χ2n) is 8.41. The van der Waals surface area contributed by atoms with Gasteiger partial charge in [-0.3, -0.25) is 4.79 Å². The molecular weight excluding hydrogens is 461 g/mol. The van der Waals surface area contributed by atoms with Gasteiger partial charge in [0.25, 0.3) is 0 Å². The highest BCUT2D eigenvalue weighted by Gasteiger charge is 2.25. The number of benzene rings is 1. The van der Waals surface area contributed by atoms with Crippen molar-refractivity contribution in [3.05, 3.63) is 58.0 Å². The third-order valence-corrected chi connectivity index (χ3v) is 7.62. The first kappa shape index (κ1) is 22.3. The van der Waals surface area contributed by atoms with Crippen molar-refractivity contribution in [2.75, 3.05) is 31.5 Å². The molecule has 0 radical (unpaired) electrons. The van der Waals surface area contributed by atoms with E-state index in [9.17, 15) is 9.18 Å². The summed E-state index contributed by atoms with van der Waals surface area (Å²) in [4.78, 5) is 28.0. The molecule has 0 atom stereocenters. The van der Waals surface area contributed by atoms with Crippen LogP contribution < -0.4 is 5.32 Å². The Bertz CT molecular complexity index is 1210. The van der Waals surface area contributed by atoms with Gasteiger partial charge in [-0.25, -0.2) is 14.4 Å². The fourth-order valence-corrected chi connectivity index (χ4v) is 5.86. The maximum Gasteiger partial charge on any atom is 0.246 e. The lowest BCUT2D eigenvalue weighted by Crippen LogP contribution is -2.34. The molecule has 1 amide bonds. The van der Waals surface area contributed by atoms with E-state index < -0.39 is 5.82 Å². The lowest BCUT2D eigenvalue weighted by atomic mass is 10.0. The van der Waals surface area contributed by atoms with Gasteiger partial charge in [0, 0.05) is 23.7 Å². The van der Waals surface area contributed by atoms with Crippen LogP contribution in [0.5, 0.6) is 0 Å². The fraction of sp³-hybridized carbons (Fsp3) is 0.375. The number of fused-ring (bicyclic) bond motifs is 3. The molecule has 4 heterocycles. The smallest absolute Gasteiger partial charge is 0.246 e. The number of hydrogen-bond donors (Lipinski definition) is 1. The molecule has 9 heteroatoms. The number of carbonyl (C=O) groups excluding carboxylic acids is 1. The Balaban J connectivity index is 1.29. The van der Waals surface area contributed by atoms with Crippen molar-refractivity contribution >= 4 is 50.6 Å². The summed E-state index contributed by atoms with van der Waals surface area (Å²) >= 11 is 7.52. The number of thiophene rings is 1. The Morgan fingerprint density at radius 2 is 2.09 bits per heavy atom. The van der Waals surface area contributed by atoms with E-state index in [0.29, 0.717) is 24.6 Å². The number of carbonyl (C=O) groups is 1. The van der Waals surface area contributed by atoms with Crippen LogP contribution in [-0.2, 0) is 17.8 Å². The molecule has 5 rings (SSSR count). The minimum Gasteiger partial charge on any atom is -0.340 e. The maximum absolute atomic E-state index is 13.5. The van der Waals surface area contributed by atoms with Crippen molar-refractivity contribution in [3.63, 3.8) is 0 Å². The van der Waals surface area contributed by atoms with E-state index in [1.165, 1.54) is 43.9 Å². The van der Waals surface area contributed by atoms with Crippen LogP contribution in [0.3, 0.4) is 0 Å². The van der Waals surface area contributed by atoms with Crippen LogP contribution in [0.1, 0.15) is 29.7 Å². The van der Waals surface area contributed by atoms with Gasteiger partial charge in [-0.05, 0) is 68.6 Å². The second kappa shape index (κ2) is 9.75. The zero-order chi connectivity index (χ0) is 22.8. The lowest BCUT2D eigenvalue weighted by Gasteiger charge is -2.26. The van der Waals surface area contributed by atoms with Crippen LogP contribution in [0, 0.1) is 5.82 Å². The molecule has 3 aromatic rings. The molecule has 0 bridgehead atoms. The molecule has 2 aliphatic heterocycles. The molecule has 2 aromatic heterocycles. The lowest BCUT2D eigenvalue weighted by molar-refractivity contribution is -0.126. The molecule has 1 aromatic carbocycles. The van der Waals surface area contributed by atoms with Crippen LogP contribution in [0.2, 0.25) is 5.02 Å². The van der Waals surface area contributed by atoms with E-state index in [4.69, 9.17) is 11.6 Å². The summed E-state index contributed by atoms with van der Waals surface area (Å²) in [6.45, 7) is 4.61. The molecule has 2 aliphatic rings. The van der Waals surface area contributed by atoms with Crippen molar-refractivity contribution in [1.82, 2.24) is 19.8 Å². The van der Waals surface area contributed by atoms with Crippen LogP contribution in [0.4, 0.5) is 15.9 Å². The summed E-state index contributed by atoms with van der Waals surface area (Å²) in [5.41, 5.74) is 1.83. The molecule has 6 nitrogen and oxygen atoms in total. The molecule has 1 fully saturated rings. The summed E-state index contributed by atoms with van der Waals surface area (Å²) in [6, 6.07) is 4.50. The van der Waals surface area contributed by atoms with E-state index in [1.54, 1.807) is 29.5 Å². The molecule has 0 spiro atoms. The Labute approximate surface area is 201 Å². The number of nitrogens with one attached hydrogen (secondary N) is 1. The van der Waals surface area contributed by atoms with Gasteiger partial charge in [-0.15, -0.1) is 11.3 Å². The summed E-state index contributed by atoms with van der Waals surface area (Å²) < 4.78 is 13.5. The van der Waals surface area contributed by atoms with Gasteiger partial charge in [0.15, 0.2) is 0 Å². The maximum atomic E-state index is 13.5. The van der Waals surface area contributed by atoms with Gasteiger partial charge in [0.1, 0.15) is 22.8 Å². The molecule has 172 valence electrons. The minimum atomic E-state index is -0.460. The standard InChI is InChI=1S/C24H25ClFN5OS/c25-18-13-16(6-7-19(18)26)29-23-22-17-8-12-31(14-20(17)33-24(22)28-15-27-23)21(32)5-1-2-9-30-10-3-4-11-30/h1,5-7,13,15H,2-4,8-12,14H2,(H,27,28,29). The second-order valence-corrected chi connectivity index (χ2v) is 9.90. The van der Waals surface area contributed by atoms with E-state index in [-0.39, 0.29) is 10.9 Å².